The molecule has 3 aliphatic heterocycles. The molecule has 4 rings (SSSR count). The number of nitrogens with zero attached hydrogens (tertiary/aromatic N) is 3. The Labute approximate surface area is 197 Å². The summed E-state index contributed by atoms with van der Waals surface area (Å²) in [5.74, 6) is -0.486. The predicted molar refractivity (Wildman–Crippen MR) is 123 cm³/mol. The highest BCUT2D eigenvalue weighted by molar-refractivity contribution is 7.80. The van der Waals surface area contributed by atoms with Crippen molar-refractivity contribution in [1.29, 1.82) is 0 Å². The number of hydrogen-bond acceptors (Lipinski definition) is 7. The minimum Gasteiger partial charge on any atom is -0.496 e. The summed E-state index contributed by atoms with van der Waals surface area (Å²) >= 11 is 5.52. The molecule has 3 saturated heterocycles. The quantitative estimate of drug-likeness (QED) is 0.283. The SMILES string of the molecule is COc1ccc([N+](=O)[O-])cc1CN1CC2(CCN(C(=S)NCC3CCCO3)CC2)C(=O)C1=O. The Kier molecular flexibility index (Phi) is 6.80. The molecule has 1 N–H and O–H groups in total. The fourth-order valence-corrected chi connectivity index (χ4v) is 5.12. The van der Waals surface area contributed by atoms with Crippen molar-refractivity contribution >= 4 is 34.7 Å². The van der Waals surface area contributed by atoms with Crippen molar-refractivity contribution in [1.82, 2.24) is 15.1 Å². The van der Waals surface area contributed by atoms with Crippen molar-refractivity contribution in [2.75, 3.05) is 39.9 Å². The number of ketones is 1. The van der Waals surface area contributed by atoms with E-state index in [9.17, 15) is 19.7 Å². The molecule has 1 aromatic rings. The number of nitrogens with one attached hydrogen (secondary N) is 1. The Bertz CT molecular complexity index is 956. The van der Waals surface area contributed by atoms with E-state index in [-0.39, 0.29) is 24.1 Å². The molecule has 0 bridgehead atoms. The van der Waals surface area contributed by atoms with Crippen LogP contribution in [0.4, 0.5) is 5.69 Å². The number of amides is 1. The third kappa shape index (κ3) is 4.79. The summed E-state index contributed by atoms with van der Waals surface area (Å²) in [4.78, 5) is 40.0. The van der Waals surface area contributed by atoms with E-state index in [0.29, 0.717) is 55.4 Å². The molecule has 0 aromatic heterocycles. The van der Waals surface area contributed by atoms with Crippen molar-refractivity contribution < 1.29 is 24.0 Å². The van der Waals surface area contributed by atoms with Crippen LogP contribution < -0.4 is 10.1 Å². The van der Waals surface area contributed by atoms with Crippen LogP contribution >= 0.6 is 12.2 Å². The number of ether oxygens (including phenoxy) is 2. The first-order chi connectivity index (χ1) is 15.8. The van der Waals surface area contributed by atoms with Crippen LogP contribution in [0.1, 0.15) is 31.2 Å². The molecule has 3 heterocycles. The Balaban J connectivity index is 1.38. The smallest absolute Gasteiger partial charge is 0.290 e. The molecule has 11 heteroatoms. The number of nitro groups is 1. The molecule has 1 unspecified atom stereocenters. The minimum absolute atomic E-state index is 0.0856. The van der Waals surface area contributed by atoms with Crippen molar-refractivity contribution in [3.8, 4) is 5.75 Å². The van der Waals surface area contributed by atoms with Crippen LogP contribution in [0, 0.1) is 15.5 Å². The molecule has 1 atom stereocenters. The van der Waals surface area contributed by atoms with Crippen LogP contribution in [0.5, 0.6) is 5.75 Å². The number of carbonyl (C=O) groups is 2. The molecule has 178 valence electrons. The topological polar surface area (TPSA) is 114 Å². The molecule has 10 nitrogen and oxygen atoms in total. The van der Waals surface area contributed by atoms with Gasteiger partial charge in [0, 0.05) is 50.5 Å². The molecule has 0 aliphatic carbocycles. The predicted octanol–water partition coefficient (Wildman–Crippen LogP) is 1.65. The first-order valence-corrected chi connectivity index (χ1v) is 11.5. The van der Waals surface area contributed by atoms with Gasteiger partial charge in [-0.3, -0.25) is 19.7 Å². The first-order valence-electron chi connectivity index (χ1n) is 11.1. The average Bonchev–Trinajstić information content (AvgIpc) is 3.41. The van der Waals surface area contributed by atoms with Crippen LogP contribution in [0.25, 0.3) is 0 Å². The van der Waals surface area contributed by atoms with Gasteiger partial charge >= 0.3 is 0 Å². The third-order valence-corrected chi connectivity index (χ3v) is 7.21. The first kappa shape index (κ1) is 23.4. The molecule has 1 aromatic carbocycles. The van der Waals surface area contributed by atoms with Gasteiger partial charge in [0.2, 0.25) is 5.78 Å². The fraction of sp³-hybridized carbons (Fsp3) is 0.591. The number of non-ortho nitro benzene ring substituents is 1. The molecular formula is C22H28N4O6S. The van der Waals surface area contributed by atoms with E-state index in [1.807, 2.05) is 4.90 Å². The Morgan fingerprint density at radius 1 is 1.36 bits per heavy atom. The monoisotopic (exact) mass is 476 g/mol. The van der Waals surface area contributed by atoms with Gasteiger partial charge in [0.15, 0.2) is 5.11 Å². The van der Waals surface area contributed by atoms with Crippen molar-refractivity contribution in [2.45, 2.75) is 38.3 Å². The Morgan fingerprint density at radius 2 is 2.12 bits per heavy atom. The van der Waals surface area contributed by atoms with Gasteiger partial charge in [0.25, 0.3) is 11.6 Å². The van der Waals surface area contributed by atoms with Gasteiger partial charge in [-0.15, -0.1) is 0 Å². The molecular weight excluding hydrogens is 448 g/mol. The number of piperidine rings is 1. The maximum atomic E-state index is 13.0. The normalized spacial score (nSPS) is 22.2. The van der Waals surface area contributed by atoms with Gasteiger partial charge in [-0.05, 0) is 44.0 Å². The van der Waals surface area contributed by atoms with Gasteiger partial charge in [0.05, 0.1) is 30.1 Å². The summed E-state index contributed by atoms with van der Waals surface area (Å²) in [7, 11) is 1.47. The fourth-order valence-electron chi connectivity index (χ4n) is 4.86. The van der Waals surface area contributed by atoms with Crippen LogP contribution in [-0.2, 0) is 20.9 Å². The van der Waals surface area contributed by atoms with Gasteiger partial charge in [0.1, 0.15) is 5.75 Å². The lowest BCUT2D eigenvalue weighted by Gasteiger charge is -2.39. The highest BCUT2D eigenvalue weighted by atomic mass is 32.1. The lowest BCUT2D eigenvalue weighted by molar-refractivity contribution is -0.385. The van der Waals surface area contributed by atoms with Gasteiger partial charge in [-0.1, -0.05) is 0 Å². The molecule has 33 heavy (non-hydrogen) atoms. The number of methoxy groups -OCH3 is 1. The second-order valence-electron chi connectivity index (χ2n) is 8.83. The highest BCUT2D eigenvalue weighted by Crippen LogP contribution is 2.40. The number of nitro benzene ring substituents is 1. The number of carbonyl (C=O) groups excluding carboxylic acids is 2. The minimum atomic E-state index is -0.744. The summed E-state index contributed by atoms with van der Waals surface area (Å²) in [5.41, 5.74) is -0.330. The van der Waals surface area contributed by atoms with Crippen LogP contribution in [0.15, 0.2) is 18.2 Å². The zero-order chi connectivity index (χ0) is 23.6. The summed E-state index contributed by atoms with van der Waals surface area (Å²) in [6, 6.07) is 4.25. The molecule has 3 fully saturated rings. The second kappa shape index (κ2) is 9.60. The molecule has 0 radical (unpaired) electrons. The zero-order valence-corrected chi connectivity index (χ0v) is 19.4. The maximum absolute atomic E-state index is 13.0. The van der Waals surface area contributed by atoms with E-state index in [2.05, 4.69) is 5.32 Å². The van der Waals surface area contributed by atoms with E-state index in [0.717, 1.165) is 19.4 Å². The van der Waals surface area contributed by atoms with Crippen molar-refractivity contribution in [3.63, 3.8) is 0 Å². The van der Waals surface area contributed by atoms with Gasteiger partial charge < -0.3 is 24.6 Å². The Morgan fingerprint density at radius 3 is 2.76 bits per heavy atom. The Hall–Kier alpha value is -2.79. The maximum Gasteiger partial charge on any atom is 0.290 e. The molecule has 1 spiro atoms. The second-order valence-corrected chi connectivity index (χ2v) is 9.22. The number of likely N-dealkylation sites (tertiary alicyclic amines) is 2. The zero-order valence-electron chi connectivity index (χ0n) is 18.6. The van der Waals surface area contributed by atoms with E-state index in [1.54, 1.807) is 0 Å². The third-order valence-electron chi connectivity index (χ3n) is 6.81. The highest BCUT2D eigenvalue weighted by Gasteiger charge is 2.52. The summed E-state index contributed by atoms with van der Waals surface area (Å²) in [5, 5.41) is 15.1. The molecule has 1 amide bonds. The summed E-state index contributed by atoms with van der Waals surface area (Å²) in [6.45, 7) is 3.02. The number of rotatable bonds is 6. The van der Waals surface area contributed by atoms with E-state index >= 15 is 0 Å². The van der Waals surface area contributed by atoms with E-state index < -0.39 is 16.2 Å². The standard InChI is InChI=1S/C22H28N4O6S/c1-31-18-5-4-16(26(29)30)11-15(18)13-25-14-22(19(27)20(25)28)6-8-24(9-7-22)21(33)23-12-17-3-2-10-32-17/h4-5,11,17H,2-3,6-10,12-14H2,1H3,(H,23,33). The molecule has 0 saturated carbocycles. The van der Waals surface area contributed by atoms with Crippen LogP contribution in [0.2, 0.25) is 0 Å². The summed E-state index contributed by atoms with van der Waals surface area (Å²) in [6.07, 6.45) is 3.34. The summed E-state index contributed by atoms with van der Waals surface area (Å²) < 4.78 is 10.9. The number of hydrogen-bond donors (Lipinski definition) is 1. The van der Waals surface area contributed by atoms with Crippen molar-refractivity contribution in [3.05, 3.63) is 33.9 Å². The molecule has 3 aliphatic rings. The van der Waals surface area contributed by atoms with Crippen LogP contribution in [0.3, 0.4) is 0 Å². The van der Waals surface area contributed by atoms with Gasteiger partial charge in [-0.2, -0.15) is 0 Å². The van der Waals surface area contributed by atoms with Crippen molar-refractivity contribution in [2.24, 2.45) is 5.41 Å². The largest absolute Gasteiger partial charge is 0.496 e. The lowest BCUT2D eigenvalue weighted by atomic mass is 9.77. The average molecular weight is 477 g/mol. The number of Topliss-reactive ketones (excluding diaryl/α,β-unsaturated/α-hetero) is 1. The van der Waals surface area contributed by atoms with Gasteiger partial charge in [-0.25, -0.2) is 0 Å². The number of thiocarbonyl (C=S) groups is 1. The lowest BCUT2D eigenvalue weighted by Crippen LogP contribution is -2.50. The van der Waals surface area contributed by atoms with Crippen LogP contribution in [-0.4, -0.2) is 77.5 Å². The van der Waals surface area contributed by atoms with E-state index in [1.165, 1.54) is 30.2 Å². The number of benzene rings is 1. The van der Waals surface area contributed by atoms with E-state index in [4.69, 9.17) is 21.7 Å².